The lowest BCUT2D eigenvalue weighted by Gasteiger charge is -2.19. The molecule has 0 bridgehead atoms. The smallest absolute Gasteiger partial charge is 0.229 e. The number of aliphatic hydroxyl groups excluding tert-OH is 1. The van der Waals surface area contributed by atoms with Gasteiger partial charge in [0.2, 0.25) is 7.37 Å². The molecule has 4 nitrogen and oxygen atoms in total. The second-order valence-corrected chi connectivity index (χ2v) is 5.66. The number of hydrogen-bond donors (Lipinski definition) is 3. The highest BCUT2D eigenvalue weighted by molar-refractivity contribution is 7.58. The van der Waals surface area contributed by atoms with Crippen LogP contribution in [0.3, 0.4) is 0 Å². The van der Waals surface area contributed by atoms with Crippen molar-refractivity contribution >= 4 is 7.37 Å². The highest BCUT2D eigenvalue weighted by Gasteiger charge is 2.28. The molecule has 0 amide bonds. The molecule has 0 aromatic carbocycles. The SMILES string of the molecule is CCCC(O)P(=O)(O)CC(C)N. The zero-order valence-corrected chi connectivity index (χ0v) is 8.50. The van der Waals surface area contributed by atoms with Crippen molar-refractivity contribution in [3.63, 3.8) is 0 Å². The minimum atomic E-state index is -3.43. The van der Waals surface area contributed by atoms with E-state index in [2.05, 4.69) is 0 Å². The Balaban J connectivity index is 4.09. The van der Waals surface area contributed by atoms with Gasteiger partial charge in [0.15, 0.2) is 0 Å². The highest BCUT2D eigenvalue weighted by atomic mass is 31.2. The summed E-state index contributed by atoms with van der Waals surface area (Å²) in [4.78, 5) is 9.31. The molecule has 0 aliphatic rings. The molecule has 3 unspecified atom stereocenters. The summed E-state index contributed by atoms with van der Waals surface area (Å²) in [6.07, 6.45) is 1.05. The zero-order chi connectivity index (χ0) is 9.78. The summed E-state index contributed by atoms with van der Waals surface area (Å²) in [5.74, 6) is -1.10. The third-order valence-corrected chi connectivity index (χ3v) is 3.85. The molecule has 0 rings (SSSR count). The van der Waals surface area contributed by atoms with Gasteiger partial charge in [0.05, 0.1) is 0 Å². The fourth-order valence-electron chi connectivity index (χ4n) is 0.994. The van der Waals surface area contributed by atoms with Crippen LogP contribution in [0.4, 0.5) is 0 Å². The largest absolute Gasteiger partial charge is 0.383 e. The van der Waals surface area contributed by atoms with Crippen molar-refractivity contribution in [2.75, 3.05) is 6.16 Å². The van der Waals surface area contributed by atoms with Crippen molar-refractivity contribution in [2.45, 2.75) is 38.6 Å². The third-order valence-electron chi connectivity index (χ3n) is 1.56. The maximum absolute atomic E-state index is 11.3. The van der Waals surface area contributed by atoms with E-state index in [-0.39, 0.29) is 12.2 Å². The predicted molar refractivity (Wildman–Crippen MR) is 49.3 cm³/mol. The van der Waals surface area contributed by atoms with Crippen LogP contribution in [0.15, 0.2) is 0 Å². The molecule has 3 atom stereocenters. The van der Waals surface area contributed by atoms with Crippen molar-refractivity contribution in [3.8, 4) is 0 Å². The van der Waals surface area contributed by atoms with E-state index >= 15 is 0 Å². The van der Waals surface area contributed by atoms with Gasteiger partial charge in [-0.15, -0.1) is 0 Å². The first kappa shape index (κ1) is 12.1. The van der Waals surface area contributed by atoms with E-state index in [9.17, 15) is 14.6 Å². The van der Waals surface area contributed by atoms with Crippen LogP contribution in [0.1, 0.15) is 26.7 Å². The Morgan fingerprint density at radius 2 is 2.08 bits per heavy atom. The quantitative estimate of drug-likeness (QED) is 0.564. The van der Waals surface area contributed by atoms with Gasteiger partial charge in [0.25, 0.3) is 0 Å². The minimum absolute atomic E-state index is 0.00579. The second kappa shape index (κ2) is 4.97. The van der Waals surface area contributed by atoms with Crippen LogP contribution in [0.5, 0.6) is 0 Å². The third kappa shape index (κ3) is 4.21. The molecular formula is C7H18NO3P. The van der Waals surface area contributed by atoms with E-state index in [4.69, 9.17) is 5.73 Å². The number of nitrogens with two attached hydrogens (primary N) is 1. The molecule has 0 radical (unpaired) electrons. The van der Waals surface area contributed by atoms with Crippen LogP contribution in [0.25, 0.3) is 0 Å². The average Bonchev–Trinajstić information content (AvgIpc) is 1.85. The maximum atomic E-state index is 11.3. The van der Waals surface area contributed by atoms with E-state index in [1.807, 2.05) is 6.92 Å². The lowest BCUT2D eigenvalue weighted by molar-refractivity contribution is 0.218. The summed E-state index contributed by atoms with van der Waals surface area (Å²) < 4.78 is 11.3. The molecule has 0 aromatic rings. The first-order valence-electron chi connectivity index (χ1n) is 4.15. The topological polar surface area (TPSA) is 83.5 Å². The Morgan fingerprint density at radius 3 is 2.42 bits per heavy atom. The molecule has 4 N–H and O–H groups in total. The normalized spacial score (nSPS) is 21.4. The van der Waals surface area contributed by atoms with Crippen molar-refractivity contribution in [2.24, 2.45) is 5.73 Å². The molecule has 0 fully saturated rings. The Bertz CT molecular complexity index is 172. The molecule has 0 spiro atoms. The van der Waals surface area contributed by atoms with Crippen molar-refractivity contribution in [3.05, 3.63) is 0 Å². The lowest BCUT2D eigenvalue weighted by atomic mass is 10.4. The first-order chi connectivity index (χ1) is 5.40. The van der Waals surface area contributed by atoms with E-state index in [1.54, 1.807) is 6.92 Å². The standard InChI is InChI=1S/C7H18NO3P/c1-3-4-7(9)12(10,11)5-6(2)8/h6-7,9H,3-5,8H2,1-2H3,(H,10,11). The molecular weight excluding hydrogens is 177 g/mol. The van der Waals surface area contributed by atoms with Gasteiger partial charge >= 0.3 is 0 Å². The van der Waals surface area contributed by atoms with Gasteiger partial charge in [-0.25, -0.2) is 0 Å². The second-order valence-electron chi connectivity index (χ2n) is 3.18. The summed E-state index contributed by atoms with van der Waals surface area (Å²) in [5, 5.41) is 9.26. The van der Waals surface area contributed by atoms with Crippen LogP contribution in [0, 0.1) is 0 Å². The summed E-state index contributed by atoms with van der Waals surface area (Å²) in [7, 11) is -3.43. The highest BCUT2D eigenvalue weighted by Crippen LogP contribution is 2.46. The minimum Gasteiger partial charge on any atom is -0.383 e. The van der Waals surface area contributed by atoms with Crippen LogP contribution in [-0.4, -0.2) is 28.0 Å². The number of rotatable bonds is 5. The molecule has 0 saturated carbocycles. The monoisotopic (exact) mass is 195 g/mol. The van der Waals surface area contributed by atoms with E-state index in [0.717, 1.165) is 0 Å². The van der Waals surface area contributed by atoms with E-state index in [0.29, 0.717) is 12.8 Å². The molecule has 0 aliphatic carbocycles. The van der Waals surface area contributed by atoms with Gasteiger partial charge in [-0.1, -0.05) is 13.3 Å². The van der Waals surface area contributed by atoms with Crippen LogP contribution < -0.4 is 5.73 Å². The van der Waals surface area contributed by atoms with Gasteiger partial charge < -0.3 is 15.7 Å². The molecule has 0 aliphatic heterocycles. The van der Waals surface area contributed by atoms with Crippen molar-refractivity contribution in [1.29, 1.82) is 0 Å². The van der Waals surface area contributed by atoms with Gasteiger partial charge in [-0.05, 0) is 13.3 Å². The summed E-state index contributed by atoms with van der Waals surface area (Å²) >= 11 is 0. The van der Waals surface area contributed by atoms with Crippen LogP contribution >= 0.6 is 7.37 Å². The Kier molecular flexibility index (Phi) is 5.02. The average molecular weight is 195 g/mol. The molecule has 0 saturated heterocycles. The maximum Gasteiger partial charge on any atom is 0.229 e. The van der Waals surface area contributed by atoms with Gasteiger partial charge in [0.1, 0.15) is 5.85 Å². The number of hydrogen-bond acceptors (Lipinski definition) is 3. The Morgan fingerprint density at radius 1 is 1.58 bits per heavy atom. The Hall–Kier alpha value is 0.110. The zero-order valence-electron chi connectivity index (χ0n) is 7.60. The van der Waals surface area contributed by atoms with E-state index in [1.165, 1.54) is 0 Å². The van der Waals surface area contributed by atoms with Crippen molar-refractivity contribution < 1.29 is 14.6 Å². The van der Waals surface area contributed by atoms with Crippen molar-refractivity contribution in [1.82, 2.24) is 0 Å². The van der Waals surface area contributed by atoms with Gasteiger partial charge in [-0.2, -0.15) is 0 Å². The molecule has 5 heteroatoms. The van der Waals surface area contributed by atoms with E-state index < -0.39 is 13.2 Å². The molecule has 74 valence electrons. The summed E-state index contributed by atoms with van der Waals surface area (Å²) in [6, 6.07) is -0.340. The van der Waals surface area contributed by atoms with Crippen LogP contribution in [0.2, 0.25) is 0 Å². The van der Waals surface area contributed by atoms with Crippen LogP contribution in [-0.2, 0) is 4.57 Å². The molecule has 0 heterocycles. The fraction of sp³-hybridized carbons (Fsp3) is 1.00. The summed E-state index contributed by atoms with van der Waals surface area (Å²) in [6.45, 7) is 3.51. The lowest BCUT2D eigenvalue weighted by Crippen LogP contribution is -2.23. The first-order valence-corrected chi connectivity index (χ1v) is 6.06. The Labute approximate surface area is 73.2 Å². The summed E-state index contributed by atoms with van der Waals surface area (Å²) in [5.41, 5.74) is 5.37. The molecule has 0 aromatic heterocycles. The predicted octanol–water partition coefficient (Wildman–Crippen LogP) is 0.722. The van der Waals surface area contributed by atoms with Gasteiger partial charge in [0, 0.05) is 12.2 Å². The van der Waals surface area contributed by atoms with Gasteiger partial charge in [-0.3, -0.25) is 4.57 Å². The fourth-order valence-corrected chi connectivity index (χ4v) is 2.72. The molecule has 12 heavy (non-hydrogen) atoms. The number of aliphatic hydroxyl groups is 1.